The van der Waals surface area contributed by atoms with Gasteiger partial charge >= 0.3 is 0 Å². The van der Waals surface area contributed by atoms with Crippen molar-refractivity contribution in [2.75, 3.05) is 13.1 Å². The molecule has 6 heteroatoms. The van der Waals surface area contributed by atoms with Crippen LogP contribution in [0, 0.1) is 6.92 Å². The van der Waals surface area contributed by atoms with Gasteiger partial charge in [0.15, 0.2) is 11.5 Å². The fraction of sp³-hybridized carbons (Fsp3) is 0.316. The number of hydrogen-bond acceptors (Lipinski definition) is 4. The number of nitrogens with one attached hydrogen (secondary N) is 1. The summed E-state index contributed by atoms with van der Waals surface area (Å²) in [5.41, 5.74) is 2.18. The smallest absolute Gasteiger partial charge is 0.260 e. The Morgan fingerprint density at radius 3 is 2.92 bits per heavy atom. The molecule has 0 unspecified atom stereocenters. The van der Waals surface area contributed by atoms with Crippen LogP contribution in [0.4, 0.5) is 0 Å². The first-order chi connectivity index (χ1) is 12.1. The van der Waals surface area contributed by atoms with Crippen LogP contribution in [-0.2, 0) is 0 Å². The van der Waals surface area contributed by atoms with E-state index >= 15 is 0 Å². The molecule has 0 spiro atoms. The Balaban J connectivity index is 1.58. The second-order valence-corrected chi connectivity index (χ2v) is 6.49. The molecule has 0 aliphatic carbocycles. The molecule has 6 nitrogen and oxygen atoms in total. The number of aromatic nitrogens is 2. The van der Waals surface area contributed by atoms with Gasteiger partial charge in [-0.05, 0) is 44.0 Å². The standard InChI is InChI=1S/C19H19N3O3/c1-12-8-9-14(17(23)20-12)19(24)22-10-4-5-13(11-22)18-21-15-6-2-3-7-16(15)25-18/h2-3,6-9,13H,4-5,10-11H2,1H3,(H,20,23)/t13-/m1/s1. The predicted octanol–water partition coefficient (Wildman–Crippen LogP) is 2.84. The molecule has 2 aromatic heterocycles. The van der Waals surface area contributed by atoms with E-state index in [4.69, 9.17) is 4.42 Å². The van der Waals surface area contributed by atoms with E-state index in [2.05, 4.69) is 9.97 Å². The van der Waals surface area contributed by atoms with Gasteiger partial charge in [0.2, 0.25) is 0 Å². The topological polar surface area (TPSA) is 79.2 Å². The van der Waals surface area contributed by atoms with Gasteiger partial charge in [0.05, 0.1) is 5.92 Å². The highest BCUT2D eigenvalue weighted by Crippen LogP contribution is 2.29. The number of rotatable bonds is 2. The zero-order valence-electron chi connectivity index (χ0n) is 14.0. The zero-order chi connectivity index (χ0) is 17.4. The van der Waals surface area contributed by atoms with E-state index in [0.717, 1.165) is 29.6 Å². The molecule has 1 fully saturated rings. The molecule has 0 saturated carbocycles. The lowest BCUT2D eigenvalue weighted by Gasteiger charge is -2.31. The monoisotopic (exact) mass is 337 g/mol. The van der Waals surface area contributed by atoms with Crippen molar-refractivity contribution in [2.24, 2.45) is 0 Å². The number of nitrogens with zero attached hydrogens (tertiary/aromatic N) is 2. The van der Waals surface area contributed by atoms with Crippen molar-refractivity contribution >= 4 is 17.0 Å². The maximum Gasteiger partial charge on any atom is 0.260 e. The minimum absolute atomic E-state index is 0.0506. The summed E-state index contributed by atoms with van der Waals surface area (Å²) in [5.74, 6) is 0.480. The third-order valence-electron chi connectivity index (χ3n) is 4.65. The Kier molecular flexibility index (Phi) is 3.87. The maximum atomic E-state index is 12.7. The lowest BCUT2D eigenvalue weighted by molar-refractivity contribution is 0.0697. The summed E-state index contributed by atoms with van der Waals surface area (Å²) in [6.07, 6.45) is 1.78. The molecule has 0 radical (unpaired) electrons. The lowest BCUT2D eigenvalue weighted by atomic mass is 9.97. The summed E-state index contributed by atoms with van der Waals surface area (Å²) >= 11 is 0. The number of aryl methyl sites for hydroxylation is 1. The first-order valence-corrected chi connectivity index (χ1v) is 8.46. The average Bonchev–Trinajstić information content (AvgIpc) is 3.05. The summed E-state index contributed by atoms with van der Waals surface area (Å²) in [7, 11) is 0. The average molecular weight is 337 g/mol. The van der Waals surface area contributed by atoms with Gasteiger partial charge in [-0.15, -0.1) is 0 Å². The van der Waals surface area contributed by atoms with E-state index in [-0.39, 0.29) is 22.9 Å². The number of pyridine rings is 1. The summed E-state index contributed by atoms with van der Waals surface area (Å²) in [6.45, 7) is 2.95. The second kappa shape index (κ2) is 6.20. The Bertz CT molecular complexity index is 956. The van der Waals surface area contributed by atoms with Crippen molar-refractivity contribution in [1.29, 1.82) is 0 Å². The molecule has 0 bridgehead atoms. The summed E-state index contributed by atoms with van der Waals surface area (Å²) in [4.78, 5) is 33.8. The quantitative estimate of drug-likeness (QED) is 0.780. The fourth-order valence-electron chi connectivity index (χ4n) is 3.34. The highest BCUT2D eigenvalue weighted by atomic mass is 16.3. The summed E-state index contributed by atoms with van der Waals surface area (Å²) in [6, 6.07) is 11.0. The van der Waals surface area contributed by atoms with Crippen LogP contribution in [0.15, 0.2) is 45.6 Å². The number of benzene rings is 1. The van der Waals surface area contributed by atoms with Crippen LogP contribution in [0.5, 0.6) is 0 Å². The molecule has 1 aliphatic rings. The van der Waals surface area contributed by atoms with Crippen molar-refractivity contribution in [3.63, 3.8) is 0 Å². The minimum Gasteiger partial charge on any atom is -0.440 e. The van der Waals surface area contributed by atoms with Crippen LogP contribution >= 0.6 is 0 Å². The van der Waals surface area contributed by atoms with Crippen molar-refractivity contribution in [1.82, 2.24) is 14.9 Å². The molecule has 3 heterocycles. The third kappa shape index (κ3) is 2.95. The van der Waals surface area contributed by atoms with E-state index in [0.29, 0.717) is 19.0 Å². The number of likely N-dealkylation sites (tertiary alicyclic amines) is 1. The number of H-pyrrole nitrogens is 1. The number of para-hydroxylation sites is 2. The highest BCUT2D eigenvalue weighted by Gasteiger charge is 2.29. The number of oxazole rings is 1. The maximum absolute atomic E-state index is 12.7. The minimum atomic E-state index is -0.339. The molecule has 4 rings (SSSR count). The van der Waals surface area contributed by atoms with Crippen LogP contribution in [0.3, 0.4) is 0 Å². The van der Waals surface area contributed by atoms with Crippen LogP contribution in [-0.4, -0.2) is 33.9 Å². The number of hydrogen-bond donors (Lipinski definition) is 1. The molecule has 3 aromatic rings. The molecule has 1 aliphatic heterocycles. The van der Waals surface area contributed by atoms with Crippen molar-refractivity contribution in [3.05, 3.63) is 63.9 Å². The van der Waals surface area contributed by atoms with Crippen LogP contribution in [0.25, 0.3) is 11.1 Å². The van der Waals surface area contributed by atoms with Crippen molar-refractivity contribution in [3.8, 4) is 0 Å². The number of aromatic amines is 1. The van der Waals surface area contributed by atoms with Gasteiger partial charge in [-0.3, -0.25) is 9.59 Å². The molecule has 1 atom stereocenters. The van der Waals surface area contributed by atoms with Gasteiger partial charge in [0, 0.05) is 18.8 Å². The lowest BCUT2D eigenvalue weighted by Crippen LogP contribution is -2.41. The second-order valence-electron chi connectivity index (χ2n) is 6.49. The van der Waals surface area contributed by atoms with Crippen LogP contribution < -0.4 is 5.56 Å². The number of carbonyl (C=O) groups is 1. The molecule has 1 amide bonds. The van der Waals surface area contributed by atoms with Gasteiger partial charge in [-0.1, -0.05) is 12.1 Å². The normalized spacial score (nSPS) is 17.8. The number of fused-ring (bicyclic) bond motifs is 1. The Morgan fingerprint density at radius 2 is 2.12 bits per heavy atom. The highest BCUT2D eigenvalue weighted by molar-refractivity contribution is 5.94. The van der Waals surface area contributed by atoms with E-state index < -0.39 is 0 Å². The van der Waals surface area contributed by atoms with Crippen LogP contribution in [0.2, 0.25) is 0 Å². The number of amides is 1. The first-order valence-electron chi connectivity index (χ1n) is 8.46. The van der Waals surface area contributed by atoms with Gasteiger partial charge in [0.1, 0.15) is 11.1 Å². The first kappa shape index (κ1) is 15.6. The zero-order valence-corrected chi connectivity index (χ0v) is 14.0. The van der Waals surface area contributed by atoms with Crippen LogP contribution in [0.1, 0.15) is 40.7 Å². The molecular formula is C19H19N3O3. The van der Waals surface area contributed by atoms with Gasteiger partial charge in [-0.25, -0.2) is 4.98 Å². The Hall–Kier alpha value is -2.89. The Morgan fingerprint density at radius 1 is 1.28 bits per heavy atom. The molecule has 1 saturated heterocycles. The third-order valence-corrected chi connectivity index (χ3v) is 4.65. The van der Waals surface area contributed by atoms with Crippen molar-refractivity contribution < 1.29 is 9.21 Å². The SMILES string of the molecule is Cc1ccc(C(=O)N2CCC[C@@H](c3nc4ccccc4o3)C2)c(=O)[nH]1. The number of piperidine rings is 1. The number of carbonyl (C=O) groups excluding carboxylic acids is 1. The van der Waals surface area contributed by atoms with E-state index in [9.17, 15) is 9.59 Å². The predicted molar refractivity (Wildman–Crippen MR) is 93.7 cm³/mol. The van der Waals surface area contributed by atoms with Gasteiger partial charge in [-0.2, -0.15) is 0 Å². The Labute approximate surface area is 144 Å². The van der Waals surface area contributed by atoms with Gasteiger partial charge < -0.3 is 14.3 Å². The molecule has 25 heavy (non-hydrogen) atoms. The van der Waals surface area contributed by atoms with E-state index in [1.165, 1.54) is 0 Å². The van der Waals surface area contributed by atoms with Gasteiger partial charge in [0.25, 0.3) is 11.5 Å². The fourth-order valence-corrected chi connectivity index (χ4v) is 3.34. The summed E-state index contributed by atoms with van der Waals surface area (Å²) < 4.78 is 5.86. The molecule has 128 valence electrons. The molecular weight excluding hydrogens is 318 g/mol. The largest absolute Gasteiger partial charge is 0.440 e. The van der Waals surface area contributed by atoms with E-state index in [1.807, 2.05) is 24.3 Å². The molecule has 1 N–H and O–H groups in total. The van der Waals surface area contributed by atoms with E-state index in [1.54, 1.807) is 24.0 Å². The molecule has 1 aromatic carbocycles. The summed E-state index contributed by atoms with van der Waals surface area (Å²) in [5, 5.41) is 0. The van der Waals surface area contributed by atoms with Crippen molar-refractivity contribution in [2.45, 2.75) is 25.7 Å².